The van der Waals surface area contributed by atoms with Gasteiger partial charge in [-0.25, -0.2) is 0 Å². The molecule has 1 atom stereocenters. The van der Waals surface area contributed by atoms with Crippen molar-refractivity contribution in [3.05, 3.63) is 0 Å². The van der Waals surface area contributed by atoms with Gasteiger partial charge in [-0.05, 0) is 19.8 Å². The summed E-state index contributed by atoms with van der Waals surface area (Å²) in [5.41, 5.74) is 0. The third-order valence-corrected chi connectivity index (χ3v) is 4.95. The fourth-order valence-corrected chi connectivity index (χ4v) is 3.74. The summed E-state index contributed by atoms with van der Waals surface area (Å²) < 4.78 is 16.5. The molecule has 2 aliphatic rings. The van der Waals surface area contributed by atoms with Crippen LogP contribution in [0, 0.1) is 0 Å². The maximum Gasteiger partial charge on any atom is 0.239 e. The Morgan fingerprint density at radius 3 is 2.56 bits per heavy atom. The number of carbonyl (C=O) groups excluding carboxylic acids is 1. The maximum absolute atomic E-state index is 12.2. The summed E-state index contributed by atoms with van der Waals surface area (Å²) >= 11 is 0. The van der Waals surface area contributed by atoms with Gasteiger partial charge in [0.15, 0.2) is 0 Å². The van der Waals surface area contributed by atoms with Crippen LogP contribution >= 0.6 is 0 Å². The lowest BCUT2D eigenvalue weighted by Gasteiger charge is -2.32. The second kappa shape index (κ2) is 6.63. The molecular formula is C12H22N2O3S. The quantitative estimate of drug-likeness (QED) is 0.770. The lowest BCUT2D eigenvalue weighted by molar-refractivity contribution is -0.137. The molecule has 0 radical (unpaired) electrons. The fourth-order valence-electron chi connectivity index (χ4n) is 2.44. The number of nitrogens with zero attached hydrogens (tertiary/aromatic N) is 1. The number of rotatable bonds is 3. The summed E-state index contributed by atoms with van der Waals surface area (Å²) in [6, 6.07) is 0.183. The van der Waals surface area contributed by atoms with Crippen molar-refractivity contribution in [2.75, 3.05) is 37.8 Å². The first-order chi connectivity index (χ1) is 8.66. The van der Waals surface area contributed by atoms with E-state index in [1.165, 1.54) is 0 Å². The average molecular weight is 274 g/mol. The molecule has 6 heteroatoms. The molecule has 0 saturated carbocycles. The predicted molar refractivity (Wildman–Crippen MR) is 70.9 cm³/mol. The van der Waals surface area contributed by atoms with E-state index in [-0.39, 0.29) is 11.9 Å². The molecule has 18 heavy (non-hydrogen) atoms. The van der Waals surface area contributed by atoms with Gasteiger partial charge in [-0.1, -0.05) is 0 Å². The Morgan fingerprint density at radius 2 is 1.94 bits per heavy atom. The molecule has 5 nitrogen and oxygen atoms in total. The summed E-state index contributed by atoms with van der Waals surface area (Å²) in [4.78, 5) is 14.0. The summed E-state index contributed by atoms with van der Waals surface area (Å²) in [5.74, 6) is 1.68. The second-order valence-corrected chi connectivity index (χ2v) is 6.64. The summed E-state index contributed by atoms with van der Waals surface area (Å²) in [6.07, 6.45) is 1.82. The van der Waals surface area contributed by atoms with Crippen molar-refractivity contribution in [2.24, 2.45) is 0 Å². The predicted octanol–water partition coefficient (Wildman–Crippen LogP) is -0.266. The van der Waals surface area contributed by atoms with E-state index in [2.05, 4.69) is 5.32 Å². The van der Waals surface area contributed by atoms with Gasteiger partial charge in [0.25, 0.3) is 0 Å². The van der Waals surface area contributed by atoms with Gasteiger partial charge in [-0.2, -0.15) is 0 Å². The zero-order chi connectivity index (χ0) is 13.0. The van der Waals surface area contributed by atoms with Gasteiger partial charge in [-0.15, -0.1) is 0 Å². The van der Waals surface area contributed by atoms with E-state index in [0.29, 0.717) is 32.3 Å². The minimum absolute atomic E-state index is 0.153. The lowest BCUT2D eigenvalue weighted by atomic mass is 10.1. The van der Waals surface area contributed by atoms with Crippen LogP contribution in [0.3, 0.4) is 0 Å². The van der Waals surface area contributed by atoms with Crippen molar-refractivity contribution in [1.82, 2.24) is 10.2 Å². The molecule has 0 spiro atoms. The molecule has 0 aliphatic carbocycles. The van der Waals surface area contributed by atoms with E-state index >= 15 is 0 Å². The first kappa shape index (κ1) is 14.0. The molecule has 2 rings (SSSR count). The monoisotopic (exact) mass is 274 g/mol. The topological polar surface area (TPSA) is 58.6 Å². The summed E-state index contributed by atoms with van der Waals surface area (Å²) in [5, 5.41) is 3.37. The van der Waals surface area contributed by atoms with Gasteiger partial charge in [0.2, 0.25) is 5.91 Å². The highest BCUT2D eigenvalue weighted by atomic mass is 32.2. The molecule has 1 N–H and O–H groups in total. The van der Waals surface area contributed by atoms with Crippen LogP contribution in [0.4, 0.5) is 0 Å². The van der Waals surface area contributed by atoms with E-state index < -0.39 is 10.8 Å². The Balaban J connectivity index is 1.77. The van der Waals surface area contributed by atoms with Crippen LogP contribution in [0.1, 0.15) is 19.8 Å². The van der Waals surface area contributed by atoms with Crippen LogP contribution < -0.4 is 5.32 Å². The molecule has 2 fully saturated rings. The third-order valence-electron chi connectivity index (χ3n) is 3.57. The Hall–Kier alpha value is -0.460. The van der Waals surface area contributed by atoms with Crippen LogP contribution in [-0.2, 0) is 20.3 Å². The smallest absolute Gasteiger partial charge is 0.239 e. The Labute approximate surface area is 111 Å². The molecule has 104 valence electrons. The molecular weight excluding hydrogens is 252 g/mol. The molecule has 0 aromatic heterocycles. The summed E-state index contributed by atoms with van der Waals surface area (Å²) in [6.45, 7) is 4.59. The van der Waals surface area contributed by atoms with Crippen LogP contribution in [0.25, 0.3) is 0 Å². The van der Waals surface area contributed by atoms with Crippen molar-refractivity contribution < 1.29 is 13.7 Å². The van der Waals surface area contributed by atoms with E-state index in [1.807, 2.05) is 11.8 Å². The van der Waals surface area contributed by atoms with E-state index in [1.54, 1.807) is 0 Å². The highest BCUT2D eigenvalue weighted by molar-refractivity contribution is 7.85. The van der Waals surface area contributed by atoms with Crippen molar-refractivity contribution in [3.63, 3.8) is 0 Å². The lowest BCUT2D eigenvalue weighted by Crippen LogP contribution is -2.52. The van der Waals surface area contributed by atoms with Crippen LogP contribution in [0.5, 0.6) is 0 Å². The van der Waals surface area contributed by atoms with Gasteiger partial charge >= 0.3 is 0 Å². The number of ether oxygens (including phenoxy) is 1. The Morgan fingerprint density at radius 1 is 1.33 bits per heavy atom. The van der Waals surface area contributed by atoms with Crippen molar-refractivity contribution in [1.29, 1.82) is 0 Å². The van der Waals surface area contributed by atoms with Crippen LogP contribution in [0.2, 0.25) is 0 Å². The molecule has 2 aliphatic heterocycles. The number of morpholine rings is 1. The number of nitrogens with one attached hydrogen (secondary N) is 1. The molecule has 0 aromatic carbocycles. The number of amides is 1. The van der Waals surface area contributed by atoms with Gasteiger partial charge in [-0.3, -0.25) is 9.00 Å². The highest BCUT2D eigenvalue weighted by Gasteiger charge is 2.26. The molecule has 0 aromatic rings. The number of carbonyl (C=O) groups is 1. The van der Waals surface area contributed by atoms with Crippen molar-refractivity contribution in [2.45, 2.75) is 31.8 Å². The van der Waals surface area contributed by atoms with E-state index in [0.717, 1.165) is 24.3 Å². The second-order valence-electron chi connectivity index (χ2n) is 4.95. The standard InChI is InChI=1S/C12H22N2O3S/c1-10(12(15)14-4-6-17-7-5-14)13-11-2-8-18(16)9-3-11/h10-11,13H,2-9H2,1H3. The minimum Gasteiger partial charge on any atom is -0.378 e. The van der Waals surface area contributed by atoms with E-state index in [9.17, 15) is 9.00 Å². The normalized spacial score (nSPS) is 31.1. The first-order valence-electron chi connectivity index (χ1n) is 6.64. The average Bonchev–Trinajstić information content (AvgIpc) is 2.41. The molecule has 2 heterocycles. The fraction of sp³-hybridized carbons (Fsp3) is 0.917. The number of hydrogen-bond acceptors (Lipinski definition) is 4. The zero-order valence-corrected chi connectivity index (χ0v) is 11.7. The third kappa shape index (κ3) is 3.76. The molecule has 1 amide bonds. The zero-order valence-electron chi connectivity index (χ0n) is 10.9. The van der Waals surface area contributed by atoms with Gasteiger partial charge in [0, 0.05) is 41.4 Å². The first-order valence-corrected chi connectivity index (χ1v) is 8.13. The molecule has 2 saturated heterocycles. The SMILES string of the molecule is CC(NC1CCS(=O)CC1)C(=O)N1CCOCC1. The van der Waals surface area contributed by atoms with Crippen molar-refractivity contribution >= 4 is 16.7 Å². The molecule has 0 bridgehead atoms. The van der Waals surface area contributed by atoms with Crippen LogP contribution in [0.15, 0.2) is 0 Å². The van der Waals surface area contributed by atoms with Gasteiger partial charge in [0.1, 0.15) is 0 Å². The number of hydrogen-bond donors (Lipinski definition) is 1. The van der Waals surface area contributed by atoms with Crippen LogP contribution in [-0.4, -0.2) is 64.9 Å². The van der Waals surface area contributed by atoms with E-state index in [4.69, 9.17) is 4.74 Å². The largest absolute Gasteiger partial charge is 0.378 e. The highest BCUT2D eigenvalue weighted by Crippen LogP contribution is 2.11. The van der Waals surface area contributed by atoms with Gasteiger partial charge < -0.3 is 15.0 Å². The molecule has 1 unspecified atom stereocenters. The Bertz CT molecular complexity index is 308. The minimum atomic E-state index is -0.643. The van der Waals surface area contributed by atoms with Crippen molar-refractivity contribution in [3.8, 4) is 0 Å². The maximum atomic E-state index is 12.2. The van der Waals surface area contributed by atoms with Gasteiger partial charge in [0.05, 0.1) is 19.3 Å². The Kier molecular flexibility index (Phi) is 5.14. The summed E-state index contributed by atoms with van der Waals surface area (Å²) in [7, 11) is -0.643.